The van der Waals surface area contributed by atoms with E-state index in [4.69, 9.17) is 10.5 Å². The minimum absolute atomic E-state index is 0.231. The molecule has 6 heteroatoms. The van der Waals surface area contributed by atoms with Crippen LogP contribution in [0.5, 0.6) is 5.75 Å². The molecule has 3 aliphatic rings. The number of piperidine rings is 1. The first-order valence-corrected chi connectivity index (χ1v) is 8.53. The highest BCUT2D eigenvalue weighted by Gasteiger charge is 2.37. The highest BCUT2D eigenvalue weighted by molar-refractivity contribution is 5.67. The Morgan fingerprint density at radius 2 is 1.91 bits per heavy atom. The van der Waals surface area contributed by atoms with E-state index in [0.717, 1.165) is 19.6 Å². The van der Waals surface area contributed by atoms with Gasteiger partial charge in [0.15, 0.2) is 5.82 Å². The van der Waals surface area contributed by atoms with E-state index in [0.29, 0.717) is 29.8 Å². The molecular formula is C17H25FN4O. The Morgan fingerprint density at radius 1 is 1.13 bits per heavy atom. The van der Waals surface area contributed by atoms with Gasteiger partial charge in [0, 0.05) is 37.4 Å². The van der Waals surface area contributed by atoms with Gasteiger partial charge in [0.1, 0.15) is 18.0 Å². The number of halogens is 1. The van der Waals surface area contributed by atoms with Crippen molar-refractivity contribution in [1.29, 1.82) is 0 Å². The number of hydrogen-bond acceptors (Lipinski definition) is 5. The number of benzene rings is 1. The zero-order valence-corrected chi connectivity index (χ0v) is 13.7. The Morgan fingerprint density at radius 3 is 2.70 bits per heavy atom. The van der Waals surface area contributed by atoms with Crippen molar-refractivity contribution in [2.75, 3.05) is 57.0 Å². The average molecular weight is 320 g/mol. The summed E-state index contributed by atoms with van der Waals surface area (Å²) < 4.78 is 20.2. The molecule has 0 aliphatic carbocycles. The zero-order chi connectivity index (χ0) is 16.0. The molecule has 2 N–H and O–H groups in total. The van der Waals surface area contributed by atoms with Crippen LogP contribution >= 0.6 is 0 Å². The van der Waals surface area contributed by atoms with Crippen molar-refractivity contribution in [3.05, 3.63) is 17.9 Å². The third kappa shape index (κ3) is 2.74. The quantitative estimate of drug-likeness (QED) is 0.792. The van der Waals surface area contributed by atoms with Crippen molar-refractivity contribution in [3.8, 4) is 5.75 Å². The van der Waals surface area contributed by atoms with Crippen LogP contribution in [0.15, 0.2) is 12.1 Å². The van der Waals surface area contributed by atoms with Gasteiger partial charge in [-0.2, -0.15) is 0 Å². The monoisotopic (exact) mass is 320 g/mol. The van der Waals surface area contributed by atoms with Gasteiger partial charge in [0.25, 0.3) is 0 Å². The van der Waals surface area contributed by atoms with E-state index in [9.17, 15) is 4.39 Å². The number of likely N-dealkylation sites (tertiary alicyclic amines) is 1. The first-order valence-electron chi connectivity index (χ1n) is 8.53. The predicted octanol–water partition coefficient (Wildman–Crippen LogP) is 1.39. The molecule has 3 aliphatic heterocycles. The molecule has 1 atom stereocenters. The van der Waals surface area contributed by atoms with Gasteiger partial charge in [-0.05, 0) is 39.0 Å². The normalized spacial score (nSPS) is 26.5. The lowest BCUT2D eigenvalue weighted by Crippen LogP contribution is -2.60. The zero-order valence-electron chi connectivity index (χ0n) is 13.7. The van der Waals surface area contributed by atoms with E-state index in [-0.39, 0.29) is 11.9 Å². The SMILES string of the molecule is CN1CCC(N2CCN3c4c(F)cc(N)cc4OC[C@@H]3C2)CC1. The van der Waals surface area contributed by atoms with Crippen molar-refractivity contribution >= 4 is 11.4 Å². The first kappa shape index (κ1) is 15.0. The van der Waals surface area contributed by atoms with Crippen LogP contribution in [0, 0.1) is 5.82 Å². The van der Waals surface area contributed by atoms with Crippen LogP contribution in [0.4, 0.5) is 15.8 Å². The standard InChI is InChI=1S/C17H25FN4O/c1-20-4-2-13(3-5-20)21-6-7-22-14(10-21)11-23-16-9-12(19)8-15(18)17(16)22/h8-9,13-14H,2-7,10-11,19H2,1H3/t14-/m0/s1. The number of hydrogen-bond donors (Lipinski definition) is 1. The molecule has 0 bridgehead atoms. The molecular weight excluding hydrogens is 295 g/mol. The van der Waals surface area contributed by atoms with Crippen molar-refractivity contribution in [1.82, 2.24) is 9.80 Å². The number of nitrogens with two attached hydrogens (primary N) is 1. The van der Waals surface area contributed by atoms with Crippen molar-refractivity contribution in [3.63, 3.8) is 0 Å². The van der Waals surface area contributed by atoms with Crippen molar-refractivity contribution in [2.24, 2.45) is 0 Å². The number of ether oxygens (including phenoxy) is 1. The Bertz CT molecular complexity index is 588. The summed E-state index contributed by atoms with van der Waals surface area (Å²) in [5.41, 5.74) is 6.75. The van der Waals surface area contributed by atoms with Gasteiger partial charge in [-0.1, -0.05) is 0 Å². The van der Waals surface area contributed by atoms with Crippen LogP contribution in [0.3, 0.4) is 0 Å². The summed E-state index contributed by atoms with van der Waals surface area (Å²) >= 11 is 0. The van der Waals surface area contributed by atoms with Crippen LogP contribution in [0.1, 0.15) is 12.8 Å². The van der Waals surface area contributed by atoms with Crippen LogP contribution in [0.25, 0.3) is 0 Å². The number of nitrogens with zero attached hydrogens (tertiary/aromatic N) is 3. The summed E-state index contributed by atoms with van der Waals surface area (Å²) in [6, 6.07) is 4.02. The molecule has 1 aromatic carbocycles. The molecule has 0 radical (unpaired) electrons. The van der Waals surface area contributed by atoms with Crippen molar-refractivity contribution in [2.45, 2.75) is 24.9 Å². The molecule has 0 unspecified atom stereocenters. The number of anilines is 2. The average Bonchev–Trinajstić information content (AvgIpc) is 2.54. The fraction of sp³-hybridized carbons (Fsp3) is 0.647. The lowest BCUT2D eigenvalue weighted by Gasteiger charge is -2.48. The Balaban J connectivity index is 1.50. The maximum Gasteiger partial charge on any atom is 0.152 e. The van der Waals surface area contributed by atoms with Gasteiger partial charge >= 0.3 is 0 Å². The predicted molar refractivity (Wildman–Crippen MR) is 89.5 cm³/mol. The molecule has 0 saturated carbocycles. The molecule has 0 amide bonds. The van der Waals surface area contributed by atoms with Crippen LogP contribution in [-0.4, -0.2) is 68.3 Å². The van der Waals surface area contributed by atoms with E-state index in [1.807, 2.05) is 0 Å². The molecule has 0 spiro atoms. The molecule has 0 aromatic heterocycles. The Labute approximate surface area is 136 Å². The number of nitrogen functional groups attached to an aromatic ring is 1. The van der Waals surface area contributed by atoms with Gasteiger partial charge in [0.2, 0.25) is 0 Å². The lowest BCUT2D eigenvalue weighted by molar-refractivity contribution is 0.0863. The molecule has 23 heavy (non-hydrogen) atoms. The summed E-state index contributed by atoms with van der Waals surface area (Å²) in [6.07, 6.45) is 2.46. The minimum Gasteiger partial charge on any atom is -0.489 e. The highest BCUT2D eigenvalue weighted by atomic mass is 19.1. The third-order valence-electron chi connectivity index (χ3n) is 5.49. The summed E-state index contributed by atoms with van der Waals surface area (Å²) in [7, 11) is 2.19. The van der Waals surface area contributed by atoms with Gasteiger partial charge in [-0.15, -0.1) is 0 Å². The van der Waals surface area contributed by atoms with E-state index < -0.39 is 0 Å². The maximum atomic E-state index is 14.4. The van der Waals surface area contributed by atoms with E-state index >= 15 is 0 Å². The topological polar surface area (TPSA) is 45.0 Å². The number of fused-ring (bicyclic) bond motifs is 3. The molecule has 2 saturated heterocycles. The molecule has 5 nitrogen and oxygen atoms in total. The Kier molecular flexibility index (Phi) is 3.81. The van der Waals surface area contributed by atoms with Crippen LogP contribution in [0.2, 0.25) is 0 Å². The van der Waals surface area contributed by atoms with Gasteiger partial charge in [-0.3, -0.25) is 4.90 Å². The van der Waals surface area contributed by atoms with Crippen LogP contribution < -0.4 is 15.4 Å². The second kappa shape index (κ2) is 5.83. The summed E-state index contributed by atoms with van der Waals surface area (Å²) in [5.74, 6) is 0.323. The summed E-state index contributed by atoms with van der Waals surface area (Å²) in [6.45, 7) is 5.75. The third-order valence-corrected chi connectivity index (χ3v) is 5.49. The second-order valence-electron chi connectivity index (χ2n) is 7.04. The van der Waals surface area contributed by atoms with E-state index in [1.165, 1.54) is 32.0 Å². The van der Waals surface area contributed by atoms with Crippen LogP contribution in [-0.2, 0) is 0 Å². The minimum atomic E-state index is -0.266. The number of piperazine rings is 1. The van der Waals surface area contributed by atoms with Crippen molar-refractivity contribution < 1.29 is 9.13 Å². The highest BCUT2D eigenvalue weighted by Crippen LogP contribution is 2.39. The molecule has 3 heterocycles. The number of rotatable bonds is 1. The maximum absolute atomic E-state index is 14.4. The van der Waals surface area contributed by atoms with E-state index in [2.05, 4.69) is 21.7 Å². The Hall–Kier alpha value is -1.53. The summed E-state index contributed by atoms with van der Waals surface area (Å²) in [4.78, 5) is 7.16. The van der Waals surface area contributed by atoms with E-state index in [1.54, 1.807) is 6.07 Å². The largest absolute Gasteiger partial charge is 0.489 e. The van der Waals surface area contributed by atoms with Gasteiger partial charge in [-0.25, -0.2) is 4.39 Å². The molecule has 126 valence electrons. The summed E-state index contributed by atoms with van der Waals surface area (Å²) in [5, 5.41) is 0. The molecule has 2 fully saturated rings. The molecule has 4 rings (SSSR count). The first-order chi connectivity index (χ1) is 11.1. The fourth-order valence-corrected chi connectivity index (χ4v) is 4.18. The van der Waals surface area contributed by atoms with Gasteiger partial charge < -0.3 is 20.3 Å². The molecule has 1 aromatic rings. The smallest absolute Gasteiger partial charge is 0.152 e. The van der Waals surface area contributed by atoms with Gasteiger partial charge in [0.05, 0.1) is 6.04 Å². The lowest BCUT2D eigenvalue weighted by atomic mass is 10.00. The fourth-order valence-electron chi connectivity index (χ4n) is 4.18. The second-order valence-corrected chi connectivity index (χ2v) is 7.04.